The van der Waals surface area contributed by atoms with Gasteiger partial charge in [-0.2, -0.15) is 0 Å². The molecule has 10 heteroatoms. The van der Waals surface area contributed by atoms with Gasteiger partial charge in [-0.05, 0) is 43.9 Å². The number of likely N-dealkylation sites (N-methyl/N-ethyl adjacent to an activating group) is 1. The summed E-state index contributed by atoms with van der Waals surface area (Å²) in [4.78, 5) is 33.9. The number of thioether (sulfide) groups is 1. The second kappa shape index (κ2) is 11.5. The first-order chi connectivity index (χ1) is 16.7. The number of carboxylic acid groups (broad SMARTS) is 2. The molecule has 32 heavy (non-hydrogen) atoms. The van der Waals surface area contributed by atoms with Crippen LogP contribution in [0.1, 0.15) is 16.3 Å². The van der Waals surface area contributed by atoms with Crippen molar-refractivity contribution in [2.45, 2.75) is 16.2 Å². The molecule has 2 aromatic carbocycles. The van der Waals surface area contributed by atoms with Gasteiger partial charge in [0.15, 0.2) is 0 Å². The van der Waals surface area contributed by atoms with Crippen molar-refractivity contribution in [3.63, 3.8) is 0 Å². The Labute approximate surface area is 195 Å². The molecule has 0 bridgehead atoms. The monoisotopic (exact) mass is 466 g/mol. The number of rotatable bonds is 5. The largest absolute Gasteiger partial charge is 0.497 e. The van der Waals surface area contributed by atoms with Crippen LogP contribution >= 0.6 is 11.8 Å². The molecule has 2 atom stereocenters. The van der Waals surface area contributed by atoms with E-state index in [-0.39, 0.29) is 5.69 Å². The summed E-state index contributed by atoms with van der Waals surface area (Å²) in [7, 11) is 4.34. The van der Waals surface area contributed by atoms with Crippen LogP contribution < -0.4 is 9.64 Å². The molecule has 172 valence electrons. The van der Waals surface area contributed by atoms with Crippen molar-refractivity contribution < 1.29 is 39.9 Å². The molecule has 0 saturated heterocycles. The van der Waals surface area contributed by atoms with Crippen LogP contribution in [0.25, 0.3) is 0 Å². The maximum Gasteiger partial charge on any atom is 0.414 e. The summed E-state index contributed by atoms with van der Waals surface area (Å²) < 4.78 is 38.8. The Hall–Kier alpha value is -3.08. The van der Waals surface area contributed by atoms with Gasteiger partial charge >= 0.3 is 11.9 Å². The highest BCUT2D eigenvalue weighted by Gasteiger charge is 2.37. The number of aliphatic hydroxyl groups is 1. The predicted molar refractivity (Wildman–Crippen MR) is 120 cm³/mol. The number of methoxy groups -OCH3 is 1. The summed E-state index contributed by atoms with van der Waals surface area (Å²) in [5, 5.41) is 25.0. The predicted octanol–water partition coefficient (Wildman–Crippen LogP) is 1.95. The Balaban J connectivity index is 0.000000678. The molecule has 9 nitrogen and oxygen atoms in total. The topological polar surface area (TPSA) is 128 Å². The normalized spacial score (nSPS) is 20.4. The minimum absolute atomic E-state index is 0.221. The number of aliphatic hydroxyl groups excluding tert-OH is 1. The van der Waals surface area contributed by atoms with E-state index in [9.17, 15) is 9.90 Å². The molecule has 3 rings (SSSR count). The number of anilines is 1. The number of carbonyl (C=O) groups excluding carboxylic acids is 1. The molecular weight excluding hydrogens is 436 g/mol. The molecule has 1 heterocycles. The van der Waals surface area contributed by atoms with E-state index in [4.69, 9.17) is 30.0 Å². The van der Waals surface area contributed by atoms with Crippen LogP contribution in [-0.4, -0.2) is 78.4 Å². The molecule has 1 aliphatic heterocycles. The molecule has 0 unspecified atom stereocenters. The lowest BCUT2D eigenvalue weighted by Gasteiger charge is -2.26. The highest BCUT2D eigenvalue weighted by atomic mass is 32.2. The van der Waals surface area contributed by atoms with Gasteiger partial charge in [0.05, 0.1) is 20.8 Å². The number of amides is 1. The Morgan fingerprint density at radius 1 is 1.12 bits per heavy atom. The van der Waals surface area contributed by atoms with Gasteiger partial charge in [-0.3, -0.25) is 4.79 Å². The van der Waals surface area contributed by atoms with E-state index in [0.717, 1.165) is 9.80 Å². The third-order valence-electron chi connectivity index (χ3n) is 4.13. The number of carboxylic acids is 2. The third-order valence-corrected chi connectivity index (χ3v) is 5.52. The van der Waals surface area contributed by atoms with E-state index < -0.39 is 42.2 Å². The average Bonchev–Trinajstić information content (AvgIpc) is 2.93. The van der Waals surface area contributed by atoms with Crippen LogP contribution in [0.3, 0.4) is 0 Å². The van der Waals surface area contributed by atoms with E-state index in [1.165, 1.54) is 25.9 Å². The summed E-state index contributed by atoms with van der Waals surface area (Å²) in [5.74, 6) is -3.91. The Bertz CT molecular complexity index is 1100. The van der Waals surface area contributed by atoms with E-state index in [1.807, 2.05) is 0 Å². The van der Waals surface area contributed by atoms with Gasteiger partial charge in [0, 0.05) is 20.6 Å². The molecule has 3 N–H and O–H groups in total. The molecular formula is C22H26N2O7S. The lowest BCUT2D eigenvalue weighted by molar-refractivity contribution is -0.159. The number of ether oxygens (including phenoxy) is 1. The molecule has 2 aromatic rings. The van der Waals surface area contributed by atoms with Gasteiger partial charge in [-0.1, -0.05) is 24.3 Å². The maximum atomic E-state index is 13.3. The van der Waals surface area contributed by atoms with E-state index >= 15 is 0 Å². The Morgan fingerprint density at radius 2 is 1.72 bits per heavy atom. The highest BCUT2D eigenvalue weighted by Crippen LogP contribution is 2.45. The van der Waals surface area contributed by atoms with Gasteiger partial charge in [-0.25, -0.2) is 9.59 Å². The summed E-state index contributed by atoms with van der Waals surface area (Å²) in [6.07, 6.45) is -1.58. The second-order valence-corrected chi connectivity index (χ2v) is 7.81. The fourth-order valence-electron chi connectivity index (χ4n) is 2.63. The Kier molecular flexibility index (Phi) is 7.05. The van der Waals surface area contributed by atoms with Gasteiger partial charge in [0.25, 0.3) is 5.91 Å². The summed E-state index contributed by atoms with van der Waals surface area (Å²) in [6, 6.07) is 13.7. The van der Waals surface area contributed by atoms with Crippen molar-refractivity contribution >= 4 is 35.3 Å². The van der Waals surface area contributed by atoms with Gasteiger partial charge in [-0.15, -0.1) is 11.8 Å². The van der Waals surface area contributed by atoms with Gasteiger partial charge < -0.3 is 29.9 Å². The number of carbonyl (C=O) groups is 3. The lowest BCUT2D eigenvalue weighted by atomic mass is 10.1. The fraction of sp³-hybridized carbons (Fsp3) is 0.318. The zero-order valence-corrected chi connectivity index (χ0v) is 18.4. The number of hydrogen-bond donors (Lipinski definition) is 3. The van der Waals surface area contributed by atoms with Crippen molar-refractivity contribution in [3.8, 4) is 5.75 Å². The van der Waals surface area contributed by atoms with E-state index in [0.29, 0.717) is 16.2 Å². The first-order valence-electron chi connectivity index (χ1n) is 11.2. The highest BCUT2D eigenvalue weighted by molar-refractivity contribution is 7.99. The van der Waals surface area contributed by atoms with Gasteiger partial charge in [0.1, 0.15) is 11.9 Å². The van der Waals surface area contributed by atoms with Crippen LogP contribution in [0.5, 0.6) is 5.75 Å². The zero-order valence-electron chi connectivity index (χ0n) is 21.6. The summed E-state index contributed by atoms with van der Waals surface area (Å²) >= 11 is 1.24. The van der Waals surface area contributed by atoms with Crippen LogP contribution in [0, 0.1) is 0 Å². The van der Waals surface area contributed by atoms with Crippen LogP contribution in [0.2, 0.25) is 0 Å². The minimum atomic E-state index is -2.75. The van der Waals surface area contributed by atoms with E-state index in [1.54, 1.807) is 55.6 Å². The van der Waals surface area contributed by atoms with Crippen molar-refractivity contribution in [1.82, 2.24) is 4.90 Å². The SMILES string of the molecule is O=C(O)C(=O)O.[2H]C([2H])(N(C)C)C([2H])([2H])N1C(=O)[C@H](O)[C@H](c2ccc(OC)cc2)Sc2ccccc21. The molecule has 0 fully saturated rings. The summed E-state index contributed by atoms with van der Waals surface area (Å²) in [5.41, 5.74) is 0.896. The van der Waals surface area contributed by atoms with Crippen LogP contribution in [-0.2, 0) is 14.4 Å². The third kappa shape index (κ3) is 6.46. The number of nitrogens with zero attached hydrogens (tertiary/aromatic N) is 2. The van der Waals surface area contributed by atoms with Crippen LogP contribution in [0.4, 0.5) is 5.69 Å². The molecule has 0 radical (unpaired) electrons. The summed E-state index contributed by atoms with van der Waals surface area (Å²) in [6.45, 7) is -5.26. The molecule has 0 spiro atoms. The Morgan fingerprint density at radius 3 is 2.25 bits per heavy atom. The second-order valence-electron chi connectivity index (χ2n) is 6.63. The number of aliphatic carboxylic acids is 2. The maximum absolute atomic E-state index is 13.3. The molecule has 1 aliphatic rings. The molecule has 0 saturated carbocycles. The van der Waals surface area contributed by atoms with Crippen LogP contribution in [0.15, 0.2) is 53.4 Å². The molecule has 1 amide bonds. The van der Waals surface area contributed by atoms with Crippen molar-refractivity contribution in [3.05, 3.63) is 54.1 Å². The van der Waals surface area contributed by atoms with Crippen molar-refractivity contribution in [2.24, 2.45) is 0 Å². The zero-order chi connectivity index (χ0) is 27.4. The molecule has 0 aliphatic carbocycles. The number of benzene rings is 2. The average molecular weight is 467 g/mol. The fourth-order valence-corrected chi connectivity index (χ4v) is 3.88. The van der Waals surface area contributed by atoms with Gasteiger partial charge in [0.2, 0.25) is 0 Å². The number of para-hydroxylation sites is 1. The quantitative estimate of drug-likeness (QED) is 0.567. The number of fused-ring (bicyclic) bond motifs is 1. The first kappa shape index (κ1) is 19.6. The van der Waals surface area contributed by atoms with Crippen molar-refractivity contribution in [1.29, 1.82) is 0 Å². The lowest BCUT2D eigenvalue weighted by Crippen LogP contribution is -2.43. The first-order valence-corrected chi connectivity index (χ1v) is 10.1. The number of hydrogen-bond acceptors (Lipinski definition) is 7. The standard InChI is InChI=1S/C20H24N2O3S.C2H2O4/c1-21(2)12-13-22-16-6-4-5-7-17(16)26-19(18(23)20(22)24)14-8-10-15(25-3)11-9-14;3-1(4)2(5)6/h4-11,18-19,23H,12-13H2,1-3H3;(H,3,4)(H,5,6)/t18-,19+;/m1./s1/i12D2,13D2;. The minimum Gasteiger partial charge on any atom is -0.497 e. The smallest absolute Gasteiger partial charge is 0.414 e. The van der Waals surface area contributed by atoms with E-state index in [2.05, 4.69) is 0 Å². The molecule has 0 aromatic heterocycles. The van der Waals surface area contributed by atoms with Crippen molar-refractivity contribution in [2.75, 3.05) is 39.1 Å².